The molecule has 0 aliphatic carbocycles. The molecule has 0 aliphatic heterocycles. The Hall–Kier alpha value is -0.610. The standard InChI is InChI=1S/C12H27N3O/c1-5-10(6-2)11(15(3)4)9-14-12(16)7-8-13/h10-11H,5-9,13H2,1-4H3,(H,14,16). The van der Waals surface area contributed by atoms with Crippen LogP contribution in [0.4, 0.5) is 0 Å². The molecular formula is C12H27N3O. The summed E-state index contributed by atoms with van der Waals surface area (Å²) in [7, 11) is 4.14. The van der Waals surface area contributed by atoms with Gasteiger partial charge in [-0.05, 0) is 20.0 Å². The summed E-state index contributed by atoms with van der Waals surface area (Å²) in [6.45, 7) is 5.54. The summed E-state index contributed by atoms with van der Waals surface area (Å²) in [6.07, 6.45) is 2.71. The molecule has 1 atom stereocenters. The first-order valence-corrected chi connectivity index (χ1v) is 6.19. The van der Waals surface area contributed by atoms with Gasteiger partial charge in [0.1, 0.15) is 0 Å². The molecule has 16 heavy (non-hydrogen) atoms. The van der Waals surface area contributed by atoms with Crippen LogP contribution in [0.3, 0.4) is 0 Å². The average molecular weight is 229 g/mol. The second-order valence-electron chi connectivity index (χ2n) is 4.45. The van der Waals surface area contributed by atoms with E-state index in [0.29, 0.717) is 24.9 Å². The Morgan fingerprint density at radius 3 is 2.25 bits per heavy atom. The molecule has 0 radical (unpaired) electrons. The molecule has 96 valence electrons. The van der Waals surface area contributed by atoms with Crippen molar-refractivity contribution in [3.8, 4) is 0 Å². The van der Waals surface area contributed by atoms with E-state index in [1.54, 1.807) is 0 Å². The Kier molecular flexibility index (Phi) is 8.21. The van der Waals surface area contributed by atoms with Crippen LogP contribution in [0.1, 0.15) is 33.1 Å². The Balaban J connectivity index is 4.18. The number of nitrogens with zero attached hydrogens (tertiary/aromatic N) is 1. The van der Waals surface area contributed by atoms with Gasteiger partial charge in [-0.2, -0.15) is 0 Å². The molecule has 0 aromatic carbocycles. The van der Waals surface area contributed by atoms with Crippen molar-refractivity contribution >= 4 is 5.91 Å². The summed E-state index contributed by atoms with van der Waals surface area (Å²) in [6, 6.07) is 0.414. The Morgan fingerprint density at radius 2 is 1.88 bits per heavy atom. The van der Waals surface area contributed by atoms with E-state index >= 15 is 0 Å². The predicted molar refractivity (Wildman–Crippen MR) is 68.2 cm³/mol. The smallest absolute Gasteiger partial charge is 0.221 e. The first-order valence-electron chi connectivity index (χ1n) is 6.19. The molecule has 4 nitrogen and oxygen atoms in total. The van der Waals surface area contributed by atoms with E-state index in [1.807, 2.05) is 0 Å². The molecule has 0 saturated heterocycles. The van der Waals surface area contributed by atoms with Crippen molar-refractivity contribution in [1.29, 1.82) is 0 Å². The van der Waals surface area contributed by atoms with Crippen LogP contribution in [0.25, 0.3) is 0 Å². The lowest BCUT2D eigenvalue weighted by atomic mass is 9.93. The average Bonchev–Trinajstić information content (AvgIpc) is 2.24. The third kappa shape index (κ3) is 5.47. The van der Waals surface area contributed by atoms with Gasteiger partial charge in [0.25, 0.3) is 0 Å². The quantitative estimate of drug-likeness (QED) is 0.648. The zero-order valence-electron chi connectivity index (χ0n) is 11.1. The molecule has 0 aliphatic rings. The summed E-state index contributed by atoms with van der Waals surface area (Å²) < 4.78 is 0. The van der Waals surface area contributed by atoms with Gasteiger partial charge in [-0.15, -0.1) is 0 Å². The maximum atomic E-state index is 11.4. The molecule has 0 spiro atoms. The summed E-state index contributed by atoms with van der Waals surface area (Å²) >= 11 is 0. The van der Waals surface area contributed by atoms with Crippen molar-refractivity contribution in [2.75, 3.05) is 27.2 Å². The predicted octanol–water partition coefficient (Wildman–Crippen LogP) is 0.818. The number of nitrogens with one attached hydrogen (secondary N) is 1. The highest BCUT2D eigenvalue weighted by atomic mass is 16.1. The fourth-order valence-electron chi connectivity index (χ4n) is 2.04. The molecule has 0 aromatic rings. The van der Waals surface area contributed by atoms with Gasteiger partial charge in [0, 0.05) is 25.6 Å². The van der Waals surface area contributed by atoms with Gasteiger partial charge in [-0.1, -0.05) is 26.7 Å². The van der Waals surface area contributed by atoms with Crippen molar-refractivity contribution in [3.63, 3.8) is 0 Å². The van der Waals surface area contributed by atoms with Crippen molar-refractivity contribution < 1.29 is 4.79 Å². The normalized spacial score (nSPS) is 13.2. The maximum Gasteiger partial charge on any atom is 0.221 e. The number of likely N-dealkylation sites (N-methyl/N-ethyl adjacent to an activating group) is 1. The molecule has 0 aromatic heterocycles. The molecule has 3 N–H and O–H groups in total. The van der Waals surface area contributed by atoms with Gasteiger partial charge < -0.3 is 16.0 Å². The fraction of sp³-hybridized carbons (Fsp3) is 0.917. The van der Waals surface area contributed by atoms with Gasteiger partial charge in [0.15, 0.2) is 0 Å². The van der Waals surface area contributed by atoms with E-state index in [-0.39, 0.29) is 5.91 Å². The van der Waals surface area contributed by atoms with Gasteiger partial charge in [0.2, 0.25) is 5.91 Å². The first-order chi connectivity index (χ1) is 7.56. The van der Waals surface area contributed by atoms with Crippen LogP contribution in [-0.2, 0) is 4.79 Å². The lowest BCUT2D eigenvalue weighted by molar-refractivity contribution is -0.121. The molecule has 0 fully saturated rings. The van der Waals surface area contributed by atoms with Crippen LogP contribution in [0.5, 0.6) is 0 Å². The fourth-order valence-corrected chi connectivity index (χ4v) is 2.04. The minimum absolute atomic E-state index is 0.0558. The Labute approximate surface area is 99.6 Å². The van der Waals surface area contributed by atoms with E-state index in [4.69, 9.17) is 5.73 Å². The molecule has 1 amide bonds. The number of nitrogens with two attached hydrogens (primary N) is 1. The molecule has 4 heteroatoms. The second-order valence-corrected chi connectivity index (χ2v) is 4.45. The highest BCUT2D eigenvalue weighted by Gasteiger charge is 2.20. The van der Waals surface area contributed by atoms with E-state index in [0.717, 1.165) is 19.4 Å². The number of amides is 1. The Morgan fingerprint density at radius 1 is 1.31 bits per heavy atom. The molecule has 1 unspecified atom stereocenters. The maximum absolute atomic E-state index is 11.4. The molecular weight excluding hydrogens is 202 g/mol. The van der Waals surface area contributed by atoms with Crippen LogP contribution < -0.4 is 11.1 Å². The van der Waals surface area contributed by atoms with Gasteiger partial charge in [-0.3, -0.25) is 4.79 Å². The van der Waals surface area contributed by atoms with Gasteiger partial charge in [0.05, 0.1) is 0 Å². The van der Waals surface area contributed by atoms with Crippen molar-refractivity contribution in [1.82, 2.24) is 10.2 Å². The number of hydrogen-bond donors (Lipinski definition) is 2. The molecule has 0 rings (SSSR count). The minimum atomic E-state index is 0.0558. The van der Waals surface area contributed by atoms with E-state index in [2.05, 4.69) is 38.2 Å². The molecule has 0 saturated carbocycles. The van der Waals surface area contributed by atoms with E-state index in [9.17, 15) is 4.79 Å². The van der Waals surface area contributed by atoms with E-state index in [1.165, 1.54) is 0 Å². The lowest BCUT2D eigenvalue weighted by Gasteiger charge is -2.31. The van der Waals surface area contributed by atoms with Crippen molar-refractivity contribution in [2.45, 2.75) is 39.2 Å². The van der Waals surface area contributed by atoms with Gasteiger partial charge >= 0.3 is 0 Å². The minimum Gasteiger partial charge on any atom is -0.354 e. The topological polar surface area (TPSA) is 58.4 Å². The van der Waals surface area contributed by atoms with E-state index < -0.39 is 0 Å². The number of hydrogen-bond acceptors (Lipinski definition) is 3. The largest absolute Gasteiger partial charge is 0.354 e. The first kappa shape index (κ1) is 15.4. The zero-order valence-corrected chi connectivity index (χ0v) is 11.1. The second kappa shape index (κ2) is 8.53. The molecule has 0 bridgehead atoms. The van der Waals surface area contributed by atoms with Crippen molar-refractivity contribution in [3.05, 3.63) is 0 Å². The van der Waals surface area contributed by atoms with Crippen LogP contribution in [-0.4, -0.2) is 44.0 Å². The van der Waals surface area contributed by atoms with Crippen LogP contribution in [0, 0.1) is 5.92 Å². The molecule has 0 heterocycles. The third-order valence-corrected chi connectivity index (χ3v) is 3.14. The van der Waals surface area contributed by atoms with Gasteiger partial charge in [-0.25, -0.2) is 0 Å². The number of carbonyl (C=O) groups is 1. The monoisotopic (exact) mass is 229 g/mol. The van der Waals surface area contributed by atoms with Crippen LogP contribution >= 0.6 is 0 Å². The zero-order chi connectivity index (χ0) is 12.6. The SMILES string of the molecule is CCC(CC)C(CNC(=O)CCN)N(C)C. The number of rotatable bonds is 8. The van der Waals surface area contributed by atoms with Crippen LogP contribution in [0.15, 0.2) is 0 Å². The third-order valence-electron chi connectivity index (χ3n) is 3.14. The summed E-state index contributed by atoms with van der Waals surface area (Å²) in [5.41, 5.74) is 5.34. The van der Waals surface area contributed by atoms with Crippen molar-refractivity contribution in [2.24, 2.45) is 11.7 Å². The summed E-state index contributed by atoms with van der Waals surface area (Å²) in [5.74, 6) is 0.688. The van der Waals surface area contributed by atoms with Crippen LogP contribution in [0.2, 0.25) is 0 Å². The Bertz CT molecular complexity index is 191. The summed E-state index contributed by atoms with van der Waals surface area (Å²) in [4.78, 5) is 13.6. The number of carbonyl (C=O) groups excluding carboxylic acids is 1. The summed E-state index contributed by atoms with van der Waals surface area (Å²) in [5, 5.41) is 2.95. The highest BCUT2D eigenvalue weighted by Crippen LogP contribution is 2.16. The highest BCUT2D eigenvalue weighted by molar-refractivity contribution is 5.76. The lowest BCUT2D eigenvalue weighted by Crippen LogP contribution is -2.44.